The molecule has 1 unspecified atom stereocenters. The zero-order valence-corrected chi connectivity index (χ0v) is 12.2. The summed E-state index contributed by atoms with van der Waals surface area (Å²) in [5, 5.41) is 2.88. The lowest BCUT2D eigenvalue weighted by atomic mass is 10.2. The van der Waals surface area contributed by atoms with E-state index in [2.05, 4.69) is 37.2 Å². The van der Waals surface area contributed by atoms with Crippen molar-refractivity contribution in [1.82, 2.24) is 5.32 Å². The zero-order chi connectivity index (χ0) is 11.4. The minimum absolute atomic E-state index is 0.0445. The summed E-state index contributed by atoms with van der Waals surface area (Å²) in [7, 11) is 0. The van der Waals surface area contributed by atoms with E-state index in [0.29, 0.717) is 12.1 Å². The van der Waals surface area contributed by atoms with Crippen LogP contribution in [0.4, 0.5) is 0 Å². The quantitative estimate of drug-likeness (QED) is 0.872. The van der Waals surface area contributed by atoms with Crippen molar-refractivity contribution in [1.29, 1.82) is 0 Å². The largest absolute Gasteiger partial charge is 0.348 e. The number of rotatable bonds is 4. The van der Waals surface area contributed by atoms with Gasteiger partial charge in [0.1, 0.15) is 0 Å². The maximum absolute atomic E-state index is 11.8. The fourth-order valence-corrected chi connectivity index (χ4v) is 3.88. The predicted octanol–water partition coefficient (Wildman–Crippen LogP) is 2.74. The highest BCUT2D eigenvalue weighted by atomic mass is 79.9. The van der Waals surface area contributed by atoms with Crippen molar-refractivity contribution in [3.05, 3.63) is 19.2 Å². The Morgan fingerprint density at radius 3 is 2.73 bits per heavy atom. The Kier molecular flexibility index (Phi) is 5.25. The minimum Gasteiger partial charge on any atom is -0.348 e. The lowest BCUT2D eigenvalue weighted by Gasteiger charge is -2.13. The van der Waals surface area contributed by atoms with Crippen molar-refractivity contribution in [2.24, 2.45) is 5.73 Å². The molecule has 0 bridgehead atoms. The number of amides is 1. The Labute approximate surface area is 110 Å². The average molecular weight is 356 g/mol. The smallest absolute Gasteiger partial charge is 0.253 e. The first-order chi connectivity index (χ1) is 7.08. The zero-order valence-electron chi connectivity index (χ0n) is 8.22. The Morgan fingerprint density at radius 1 is 1.67 bits per heavy atom. The van der Waals surface area contributed by atoms with Crippen molar-refractivity contribution < 1.29 is 4.79 Å². The molecule has 0 aliphatic rings. The monoisotopic (exact) mass is 354 g/mol. The average Bonchev–Trinajstić information content (AvgIpc) is 2.54. The first-order valence-electron chi connectivity index (χ1n) is 4.54. The normalized spacial score (nSPS) is 12.5. The summed E-state index contributed by atoms with van der Waals surface area (Å²) < 4.78 is 1.76. The van der Waals surface area contributed by atoms with Gasteiger partial charge in [0.15, 0.2) is 0 Å². The van der Waals surface area contributed by atoms with Gasteiger partial charge in [-0.05, 0) is 44.3 Å². The van der Waals surface area contributed by atoms with Crippen molar-refractivity contribution >= 4 is 49.1 Å². The number of carbonyl (C=O) groups excluding carboxylic acids is 1. The number of carbonyl (C=O) groups is 1. The molecule has 0 saturated carbocycles. The van der Waals surface area contributed by atoms with Crippen LogP contribution in [0.3, 0.4) is 0 Å². The highest BCUT2D eigenvalue weighted by molar-refractivity contribution is 9.12. The molecule has 0 aliphatic heterocycles. The molecule has 0 fully saturated rings. The Hall–Kier alpha value is 0.0900. The number of hydrogen-bond acceptors (Lipinski definition) is 3. The number of halogens is 2. The van der Waals surface area contributed by atoms with Gasteiger partial charge in [-0.3, -0.25) is 4.79 Å². The molecular formula is C9H12Br2N2OS. The number of hydrogen-bond donors (Lipinski definition) is 2. The molecule has 1 heterocycles. The van der Waals surface area contributed by atoms with Gasteiger partial charge in [-0.1, -0.05) is 6.92 Å². The summed E-state index contributed by atoms with van der Waals surface area (Å²) in [6.45, 7) is 2.46. The molecule has 3 N–H and O–H groups in total. The van der Waals surface area contributed by atoms with Crippen LogP contribution in [-0.4, -0.2) is 18.5 Å². The molecule has 3 nitrogen and oxygen atoms in total. The van der Waals surface area contributed by atoms with Crippen molar-refractivity contribution in [2.45, 2.75) is 19.4 Å². The van der Waals surface area contributed by atoms with Crippen molar-refractivity contribution in [3.8, 4) is 0 Å². The standard InChI is InChI=1S/C9H12Br2N2OS/c1-2-5(4-12)13-9(14)6-3-7(10)15-8(6)11/h3,5H,2,4,12H2,1H3,(H,13,14). The van der Waals surface area contributed by atoms with E-state index in [1.165, 1.54) is 11.3 Å². The van der Waals surface area contributed by atoms with Gasteiger partial charge in [0.05, 0.1) is 13.1 Å². The number of nitrogens with one attached hydrogen (secondary N) is 1. The highest BCUT2D eigenvalue weighted by Gasteiger charge is 2.15. The van der Waals surface area contributed by atoms with Gasteiger partial charge in [-0.15, -0.1) is 11.3 Å². The molecule has 6 heteroatoms. The van der Waals surface area contributed by atoms with Gasteiger partial charge in [-0.2, -0.15) is 0 Å². The lowest BCUT2D eigenvalue weighted by Crippen LogP contribution is -2.39. The first kappa shape index (κ1) is 13.2. The van der Waals surface area contributed by atoms with Gasteiger partial charge in [0.2, 0.25) is 0 Å². The van der Waals surface area contributed by atoms with Crippen molar-refractivity contribution in [3.63, 3.8) is 0 Å². The maximum Gasteiger partial charge on any atom is 0.253 e. The van der Waals surface area contributed by atoms with Crippen LogP contribution in [0.15, 0.2) is 13.6 Å². The fourth-order valence-electron chi connectivity index (χ4n) is 1.09. The number of nitrogens with two attached hydrogens (primary N) is 1. The summed E-state index contributed by atoms with van der Waals surface area (Å²) >= 11 is 8.16. The topological polar surface area (TPSA) is 55.1 Å². The van der Waals surface area contributed by atoms with Crippen LogP contribution in [-0.2, 0) is 0 Å². The van der Waals surface area contributed by atoms with E-state index in [1.807, 2.05) is 6.92 Å². The molecule has 1 rings (SSSR count). The summed E-state index contributed by atoms with van der Waals surface area (Å²) in [5.41, 5.74) is 6.17. The third kappa shape index (κ3) is 3.55. The molecular weight excluding hydrogens is 344 g/mol. The van der Waals surface area contributed by atoms with Crippen molar-refractivity contribution in [2.75, 3.05) is 6.54 Å². The Morgan fingerprint density at radius 2 is 2.33 bits per heavy atom. The molecule has 84 valence electrons. The summed E-state index contributed by atoms with van der Waals surface area (Å²) in [5.74, 6) is -0.0823. The molecule has 0 saturated heterocycles. The molecule has 1 amide bonds. The van der Waals surface area contributed by atoms with E-state index in [-0.39, 0.29) is 11.9 Å². The molecule has 1 atom stereocenters. The lowest BCUT2D eigenvalue weighted by molar-refractivity contribution is 0.0937. The van der Waals surface area contributed by atoms with E-state index in [9.17, 15) is 4.79 Å². The van der Waals surface area contributed by atoms with E-state index < -0.39 is 0 Å². The van der Waals surface area contributed by atoms with Gasteiger partial charge in [0.25, 0.3) is 5.91 Å². The summed E-state index contributed by atoms with van der Waals surface area (Å²) in [4.78, 5) is 11.8. The molecule has 0 aliphatic carbocycles. The second-order valence-electron chi connectivity index (χ2n) is 3.05. The van der Waals surface area contributed by atoms with E-state index in [0.717, 1.165) is 14.0 Å². The van der Waals surface area contributed by atoms with E-state index >= 15 is 0 Å². The van der Waals surface area contributed by atoms with Gasteiger partial charge < -0.3 is 11.1 Å². The van der Waals surface area contributed by atoms with E-state index in [1.54, 1.807) is 6.07 Å². The third-order valence-electron chi connectivity index (χ3n) is 2.01. The first-order valence-corrected chi connectivity index (χ1v) is 6.94. The predicted molar refractivity (Wildman–Crippen MR) is 70.3 cm³/mol. The van der Waals surface area contributed by atoms with Gasteiger partial charge >= 0.3 is 0 Å². The Balaban J connectivity index is 2.72. The van der Waals surface area contributed by atoms with Crippen LogP contribution >= 0.6 is 43.2 Å². The van der Waals surface area contributed by atoms with Crippen LogP contribution in [0.5, 0.6) is 0 Å². The SMILES string of the molecule is CCC(CN)NC(=O)c1cc(Br)sc1Br. The molecule has 15 heavy (non-hydrogen) atoms. The third-order valence-corrected chi connectivity index (χ3v) is 4.35. The fraction of sp³-hybridized carbons (Fsp3) is 0.444. The van der Waals surface area contributed by atoms with E-state index in [4.69, 9.17) is 5.73 Å². The van der Waals surface area contributed by atoms with Gasteiger partial charge in [0, 0.05) is 12.6 Å². The summed E-state index contributed by atoms with van der Waals surface area (Å²) in [6.07, 6.45) is 0.838. The van der Waals surface area contributed by atoms with Crippen LogP contribution in [0.2, 0.25) is 0 Å². The minimum atomic E-state index is -0.0823. The molecule has 0 radical (unpaired) electrons. The van der Waals surface area contributed by atoms with Crippen LogP contribution in [0.25, 0.3) is 0 Å². The van der Waals surface area contributed by atoms with Gasteiger partial charge in [-0.25, -0.2) is 0 Å². The second kappa shape index (κ2) is 5.98. The van der Waals surface area contributed by atoms with Crippen LogP contribution < -0.4 is 11.1 Å². The molecule has 1 aromatic rings. The maximum atomic E-state index is 11.8. The van der Waals surface area contributed by atoms with Crippen LogP contribution in [0.1, 0.15) is 23.7 Å². The highest BCUT2D eigenvalue weighted by Crippen LogP contribution is 2.31. The summed E-state index contributed by atoms with van der Waals surface area (Å²) in [6, 6.07) is 1.84. The second-order valence-corrected chi connectivity index (χ2v) is 6.80. The number of thiophene rings is 1. The Bertz CT molecular complexity index is 350. The molecule has 0 aromatic carbocycles. The molecule has 0 spiro atoms. The molecule has 1 aromatic heterocycles. The van der Waals surface area contributed by atoms with Crippen LogP contribution in [0, 0.1) is 0 Å².